The Balaban J connectivity index is 1.53. The summed E-state index contributed by atoms with van der Waals surface area (Å²) in [5.74, 6) is 1.49. The number of rotatable bonds is 6. The zero-order valence-corrected chi connectivity index (χ0v) is 19.2. The number of carbonyl (C=O) groups is 1. The van der Waals surface area contributed by atoms with Crippen molar-refractivity contribution in [3.63, 3.8) is 0 Å². The molecule has 1 aliphatic rings. The predicted molar refractivity (Wildman–Crippen MR) is 127 cm³/mol. The van der Waals surface area contributed by atoms with E-state index >= 15 is 0 Å². The maximum atomic E-state index is 13.2. The maximum Gasteiger partial charge on any atom is 0.286 e. The third kappa shape index (κ3) is 4.61. The summed E-state index contributed by atoms with van der Waals surface area (Å²) in [6.45, 7) is 3.73. The zero-order valence-electron chi connectivity index (χ0n) is 19.2. The average Bonchev–Trinajstić information content (AvgIpc) is 2.87. The molecule has 0 unspecified atom stereocenters. The lowest BCUT2D eigenvalue weighted by Crippen LogP contribution is -2.49. The van der Waals surface area contributed by atoms with Crippen LogP contribution in [0.25, 0.3) is 11.3 Å². The van der Waals surface area contributed by atoms with Gasteiger partial charge in [-0.1, -0.05) is 30.3 Å². The second-order valence-corrected chi connectivity index (χ2v) is 7.79. The van der Waals surface area contributed by atoms with Gasteiger partial charge in [0, 0.05) is 43.9 Å². The first-order valence-electron chi connectivity index (χ1n) is 10.8. The number of hydrogen-bond donors (Lipinski definition) is 0. The Morgan fingerprint density at radius 2 is 1.62 bits per heavy atom. The van der Waals surface area contributed by atoms with Crippen LogP contribution in [0.15, 0.2) is 48.5 Å². The molecule has 1 fully saturated rings. The largest absolute Gasteiger partial charge is 0.493 e. The van der Waals surface area contributed by atoms with Gasteiger partial charge in [-0.2, -0.15) is 0 Å². The Bertz CT molecular complexity index is 1210. The van der Waals surface area contributed by atoms with Gasteiger partial charge in [-0.05, 0) is 6.92 Å². The Morgan fingerprint density at radius 1 is 0.971 bits per heavy atom. The van der Waals surface area contributed by atoms with E-state index in [4.69, 9.17) is 9.47 Å². The van der Waals surface area contributed by atoms with Gasteiger partial charge in [0.2, 0.25) is 0 Å². The van der Waals surface area contributed by atoms with Crippen molar-refractivity contribution < 1.29 is 19.2 Å². The lowest BCUT2D eigenvalue weighted by Gasteiger charge is -2.35. The van der Waals surface area contributed by atoms with Crippen LogP contribution in [0.4, 0.5) is 11.5 Å². The maximum absolute atomic E-state index is 13.2. The van der Waals surface area contributed by atoms with Gasteiger partial charge in [0.25, 0.3) is 11.6 Å². The molecule has 0 bridgehead atoms. The molecule has 0 radical (unpaired) electrons. The van der Waals surface area contributed by atoms with Gasteiger partial charge < -0.3 is 19.3 Å². The molecule has 0 spiro atoms. The molecule has 0 aliphatic carbocycles. The summed E-state index contributed by atoms with van der Waals surface area (Å²) in [5, 5.41) is 11.6. The highest BCUT2D eigenvalue weighted by molar-refractivity contribution is 5.99. The quantitative estimate of drug-likeness (QED) is 0.404. The molecule has 1 saturated heterocycles. The van der Waals surface area contributed by atoms with Gasteiger partial charge in [-0.15, -0.1) is 0 Å². The molecule has 4 rings (SSSR count). The van der Waals surface area contributed by atoms with E-state index < -0.39 is 10.8 Å². The lowest BCUT2D eigenvalue weighted by molar-refractivity contribution is -0.385. The Hall–Kier alpha value is -4.21. The van der Waals surface area contributed by atoms with E-state index in [1.807, 2.05) is 43.3 Å². The monoisotopic (exact) mass is 463 g/mol. The zero-order chi connectivity index (χ0) is 24.2. The minimum atomic E-state index is -0.583. The molecule has 3 aromatic rings. The van der Waals surface area contributed by atoms with Crippen LogP contribution >= 0.6 is 0 Å². The van der Waals surface area contributed by atoms with Crippen LogP contribution in [-0.2, 0) is 0 Å². The van der Waals surface area contributed by atoms with Crippen molar-refractivity contribution in [1.29, 1.82) is 0 Å². The van der Waals surface area contributed by atoms with Crippen molar-refractivity contribution >= 4 is 17.4 Å². The number of piperazine rings is 1. The van der Waals surface area contributed by atoms with E-state index in [9.17, 15) is 14.9 Å². The molecule has 2 aromatic carbocycles. The fourth-order valence-corrected chi connectivity index (χ4v) is 3.97. The fraction of sp³-hybridized carbons (Fsp3) is 0.292. The number of aromatic nitrogens is 2. The molecule has 1 aliphatic heterocycles. The van der Waals surface area contributed by atoms with Crippen molar-refractivity contribution in [2.45, 2.75) is 6.92 Å². The number of nitrogens with zero attached hydrogens (tertiary/aromatic N) is 5. The van der Waals surface area contributed by atoms with E-state index in [-0.39, 0.29) is 22.7 Å². The number of methoxy groups -OCH3 is 2. The van der Waals surface area contributed by atoms with Gasteiger partial charge in [-0.3, -0.25) is 14.9 Å². The van der Waals surface area contributed by atoms with Gasteiger partial charge in [0.05, 0.1) is 30.9 Å². The number of carbonyl (C=O) groups excluding carboxylic acids is 1. The first-order chi connectivity index (χ1) is 16.4. The minimum Gasteiger partial charge on any atom is -0.493 e. The van der Waals surface area contributed by atoms with Crippen molar-refractivity contribution in [2.75, 3.05) is 45.3 Å². The highest BCUT2D eigenvalue weighted by Crippen LogP contribution is 2.35. The number of aryl methyl sites for hydroxylation is 1. The van der Waals surface area contributed by atoms with Gasteiger partial charge >= 0.3 is 0 Å². The lowest BCUT2D eigenvalue weighted by atomic mass is 10.1. The molecular weight excluding hydrogens is 438 g/mol. The number of ether oxygens (including phenoxy) is 2. The molecule has 1 amide bonds. The molecular formula is C24H25N5O5. The third-order valence-corrected chi connectivity index (χ3v) is 5.71. The SMILES string of the molecule is COc1cc(C(=O)N2CCN(c3cc(-c4ccccc4)nc(C)n3)CC2)c([N+](=O)[O-])cc1OC. The summed E-state index contributed by atoms with van der Waals surface area (Å²) < 4.78 is 10.4. The van der Waals surface area contributed by atoms with Gasteiger partial charge in [0.15, 0.2) is 11.5 Å². The number of nitro benzene ring substituents is 1. The predicted octanol–water partition coefficient (Wildman–Crippen LogP) is 3.34. The van der Waals surface area contributed by atoms with Crippen LogP contribution in [0.2, 0.25) is 0 Å². The van der Waals surface area contributed by atoms with E-state index in [1.165, 1.54) is 26.4 Å². The standard InChI is InChI=1S/C24H25N5O5/c1-16-25-19(17-7-5-4-6-8-17)14-23(26-16)27-9-11-28(12-10-27)24(30)18-13-21(33-2)22(34-3)15-20(18)29(31)32/h4-8,13-15H,9-12H2,1-3H3. The summed E-state index contributed by atoms with van der Waals surface area (Å²) in [6, 6.07) is 14.4. The molecule has 2 heterocycles. The summed E-state index contributed by atoms with van der Waals surface area (Å²) in [6.07, 6.45) is 0. The summed E-state index contributed by atoms with van der Waals surface area (Å²) in [7, 11) is 2.81. The Kier molecular flexibility index (Phi) is 6.58. The second kappa shape index (κ2) is 9.74. The van der Waals surface area contributed by atoms with E-state index in [0.717, 1.165) is 17.1 Å². The van der Waals surface area contributed by atoms with Gasteiger partial charge in [0.1, 0.15) is 17.2 Å². The van der Waals surface area contributed by atoms with Crippen LogP contribution in [0.3, 0.4) is 0 Å². The summed E-state index contributed by atoms with van der Waals surface area (Å²) in [5.41, 5.74) is 1.50. The number of benzene rings is 2. The number of hydrogen-bond acceptors (Lipinski definition) is 8. The van der Waals surface area contributed by atoms with Crippen molar-refractivity contribution in [3.05, 3.63) is 70.0 Å². The van der Waals surface area contributed by atoms with E-state index in [2.05, 4.69) is 14.9 Å². The highest BCUT2D eigenvalue weighted by Gasteiger charge is 2.30. The number of nitro groups is 1. The highest BCUT2D eigenvalue weighted by atomic mass is 16.6. The van der Waals surface area contributed by atoms with Crippen molar-refractivity contribution in [3.8, 4) is 22.8 Å². The summed E-state index contributed by atoms with van der Waals surface area (Å²) in [4.78, 5) is 37.1. The molecule has 0 N–H and O–H groups in total. The molecule has 10 heteroatoms. The van der Waals surface area contributed by atoms with Crippen LogP contribution in [0, 0.1) is 17.0 Å². The first kappa shape index (κ1) is 23.0. The van der Waals surface area contributed by atoms with Crippen LogP contribution in [0.1, 0.15) is 16.2 Å². The van der Waals surface area contributed by atoms with Crippen molar-refractivity contribution in [1.82, 2.24) is 14.9 Å². The second-order valence-electron chi connectivity index (χ2n) is 7.79. The molecule has 176 valence electrons. The molecule has 10 nitrogen and oxygen atoms in total. The third-order valence-electron chi connectivity index (χ3n) is 5.71. The number of anilines is 1. The van der Waals surface area contributed by atoms with Crippen LogP contribution in [-0.4, -0.2) is 66.1 Å². The van der Waals surface area contributed by atoms with Crippen LogP contribution in [0.5, 0.6) is 11.5 Å². The summed E-state index contributed by atoms with van der Waals surface area (Å²) >= 11 is 0. The molecule has 1 aromatic heterocycles. The average molecular weight is 463 g/mol. The Labute approximate surface area is 196 Å². The molecule has 0 atom stereocenters. The number of amides is 1. The molecule has 0 saturated carbocycles. The minimum absolute atomic E-state index is 0.0275. The fourth-order valence-electron chi connectivity index (χ4n) is 3.97. The van der Waals surface area contributed by atoms with Crippen LogP contribution < -0.4 is 14.4 Å². The molecule has 34 heavy (non-hydrogen) atoms. The Morgan fingerprint density at radius 3 is 2.24 bits per heavy atom. The van der Waals surface area contributed by atoms with Crippen molar-refractivity contribution in [2.24, 2.45) is 0 Å². The smallest absolute Gasteiger partial charge is 0.286 e. The van der Waals surface area contributed by atoms with Gasteiger partial charge in [-0.25, -0.2) is 9.97 Å². The first-order valence-corrected chi connectivity index (χ1v) is 10.8. The van der Waals surface area contributed by atoms with E-state index in [1.54, 1.807) is 4.90 Å². The van der Waals surface area contributed by atoms with E-state index in [0.29, 0.717) is 32.0 Å². The normalized spacial score (nSPS) is 13.5. The topological polar surface area (TPSA) is 111 Å².